The molecule has 0 spiro atoms. The van der Waals surface area contributed by atoms with Gasteiger partial charge < -0.3 is 5.32 Å². The minimum Gasteiger partial charge on any atom is -0.320 e. The fourth-order valence-corrected chi connectivity index (χ4v) is 2.40. The summed E-state index contributed by atoms with van der Waals surface area (Å²) in [6, 6.07) is 0. The van der Waals surface area contributed by atoms with Crippen molar-refractivity contribution in [1.82, 2.24) is 5.32 Å². The molecule has 0 aromatic rings. The number of carbonyl (C=O) groups is 1. The Morgan fingerprint density at radius 2 is 2.17 bits per heavy atom. The van der Waals surface area contributed by atoms with Crippen LogP contribution in [0.15, 0.2) is 12.3 Å². The summed E-state index contributed by atoms with van der Waals surface area (Å²) in [5, 5.41) is 3.02. The van der Waals surface area contributed by atoms with E-state index in [1.807, 2.05) is 0 Å². The van der Waals surface area contributed by atoms with Gasteiger partial charge in [0.2, 0.25) is 0 Å². The average Bonchev–Trinajstić information content (AvgIpc) is 2.06. The molecule has 0 bridgehead atoms. The number of thioether (sulfide) groups is 1. The smallest absolute Gasteiger partial charge is 0.283 e. The Balaban J connectivity index is 2.54. The maximum atomic E-state index is 10.9. The molecule has 1 heterocycles. The highest BCUT2D eigenvalue weighted by molar-refractivity contribution is 8.14. The lowest BCUT2D eigenvalue weighted by Gasteiger charge is -2.21. The SMILES string of the molecule is C=C1NC(=O)SC1CC(C)(C)C. The maximum absolute atomic E-state index is 10.9. The standard InChI is InChI=1S/C9H15NOS/c1-6-7(5-9(2,3)4)12-8(11)10-6/h7H,1,5H2,2-4H3,(H,10,11). The molecule has 2 nitrogen and oxygen atoms in total. The Hall–Kier alpha value is -0.440. The van der Waals surface area contributed by atoms with E-state index in [0.29, 0.717) is 0 Å². The molecule has 0 radical (unpaired) electrons. The van der Waals surface area contributed by atoms with Crippen LogP contribution in [-0.2, 0) is 0 Å². The van der Waals surface area contributed by atoms with Gasteiger partial charge in [0, 0.05) is 5.70 Å². The number of nitrogens with one attached hydrogen (secondary N) is 1. The first-order valence-corrected chi connectivity index (χ1v) is 4.93. The van der Waals surface area contributed by atoms with E-state index in [1.54, 1.807) is 0 Å². The summed E-state index contributed by atoms with van der Waals surface area (Å²) in [6.07, 6.45) is 0.995. The van der Waals surface area contributed by atoms with Crippen LogP contribution in [-0.4, -0.2) is 10.5 Å². The third kappa shape index (κ3) is 2.55. The summed E-state index contributed by atoms with van der Waals surface area (Å²) in [6.45, 7) is 10.3. The second kappa shape index (κ2) is 3.13. The molecule has 0 saturated carbocycles. The molecule has 0 aromatic heterocycles. The van der Waals surface area contributed by atoms with Crippen molar-refractivity contribution in [2.75, 3.05) is 0 Å². The Labute approximate surface area is 77.8 Å². The molecule has 3 heteroatoms. The lowest BCUT2D eigenvalue weighted by molar-refractivity contribution is 0.263. The van der Waals surface area contributed by atoms with E-state index in [1.165, 1.54) is 11.8 Å². The van der Waals surface area contributed by atoms with Gasteiger partial charge in [0.05, 0.1) is 5.25 Å². The molecule has 1 unspecified atom stereocenters. The third-order valence-electron chi connectivity index (χ3n) is 1.70. The van der Waals surface area contributed by atoms with Crippen LogP contribution < -0.4 is 5.32 Å². The molecule has 1 fully saturated rings. The first-order chi connectivity index (χ1) is 5.38. The summed E-state index contributed by atoms with van der Waals surface area (Å²) >= 11 is 1.35. The minimum atomic E-state index is 0.0363. The van der Waals surface area contributed by atoms with Crippen LogP contribution in [0.1, 0.15) is 27.2 Å². The molecule has 12 heavy (non-hydrogen) atoms. The van der Waals surface area contributed by atoms with Crippen molar-refractivity contribution in [2.24, 2.45) is 5.41 Å². The van der Waals surface area contributed by atoms with E-state index in [2.05, 4.69) is 32.7 Å². The van der Waals surface area contributed by atoms with Crippen molar-refractivity contribution in [1.29, 1.82) is 0 Å². The van der Waals surface area contributed by atoms with Crippen molar-refractivity contribution < 1.29 is 4.79 Å². The summed E-state index contributed by atoms with van der Waals surface area (Å²) < 4.78 is 0. The van der Waals surface area contributed by atoms with Gasteiger partial charge in [-0.2, -0.15) is 0 Å². The van der Waals surface area contributed by atoms with Crippen LogP contribution >= 0.6 is 11.8 Å². The number of amides is 1. The average molecular weight is 185 g/mol. The molecule has 1 amide bonds. The Kier molecular flexibility index (Phi) is 2.52. The van der Waals surface area contributed by atoms with Gasteiger partial charge in [0.25, 0.3) is 5.24 Å². The highest BCUT2D eigenvalue weighted by Crippen LogP contribution is 2.34. The van der Waals surface area contributed by atoms with E-state index in [0.717, 1.165) is 12.1 Å². The Bertz CT molecular complexity index is 217. The van der Waals surface area contributed by atoms with Crippen LogP contribution in [0.3, 0.4) is 0 Å². The Morgan fingerprint density at radius 3 is 2.50 bits per heavy atom. The fourth-order valence-electron chi connectivity index (χ4n) is 1.16. The van der Waals surface area contributed by atoms with Crippen LogP contribution in [0.25, 0.3) is 0 Å². The zero-order chi connectivity index (χ0) is 9.35. The van der Waals surface area contributed by atoms with Gasteiger partial charge in [-0.1, -0.05) is 39.1 Å². The molecular formula is C9H15NOS. The molecule has 0 aliphatic carbocycles. The van der Waals surface area contributed by atoms with Gasteiger partial charge in [0.1, 0.15) is 0 Å². The quantitative estimate of drug-likeness (QED) is 0.680. The van der Waals surface area contributed by atoms with Crippen LogP contribution in [0, 0.1) is 5.41 Å². The summed E-state index contributed by atoms with van der Waals surface area (Å²) in [5.41, 5.74) is 1.12. The van der Waals surface area contributed by atoms with Gasteiger partial charge in [-0.25, -0.2) is 0 Å². The van der Waals surface area contributed by atoms with Gasteiger partial charge in [-0.3, -0.25) is 4.79 Å². The second-order valence-electron chi connectivity index (χ2n) is 4.31. The predicted octanol–water partition coefficient (Wildman–Crippen LogP) is 2.76. The minimum absolute atomic E-state index is 0.0363. The van der Waals surface area contributed by atoms with E-state index in [4.69, 9.17) is 0 Å². The first-order valence-electron chi connectivity index (χ1n) is 4.05. The number of rotatable bonds is 1. The van der Waals surface area contributed by atoms with Crippen molar-refractivity contribution in [2.45, 2.75) is 32.4 Å². The van der Waals surface area contributed by atoms with Crippen molar-refractivity contribution in [3.63, 3.8) is 0 Å². The third-order valence-corrected chi connectivity index (χ3v) is 2.75. The molecule has 68 valence electrons. The van der Waals surface area contributed by atoms with Crippen LogP contribution in [0.5, 0.6) is 0 Å². The van der Waals surface area contributed by atoms with Crippen LogP contribution in [0.2, 0.25) is 0 Å². The molecular weight excluding hydrogens is 170 g/mol. The van der Waals surface area contributed by atoms with Gasteiger partial charge in [0.15, 0.2) is 0 Å². The summed E-state index contributed by atoms with van der Waals surface area (Å²) in [5.74, 6) is 0. The van der Waals surface area contributed by atoms with Gasteiger partial charge >= 0.3 is 0 Å². The molecule has 1 aliphatic heterocycles. The summed E-state index contributed by atoms with van der Waals surface area (Å²) in [4.78, 5) is 10.9. The number of hydrogen-bond donors (Lipinski definition) is 1. The van der Waals surface area contributed by atoms with E-state index in [9.17, 15) is 4.79 Å². The Morgan fingerprint density at radius 1 is 1.58 bits per heavy atom. The van der Waals surface area contributed by atoms with Crippen molar-refractivity contribution in [3.05, 3.63) is 12.3 Å². The van der Waals surface area contributed by atoms with E-state index in [-0.39, 0.29) is 15.9 Å². The molecule has 1 N–H and O–H groups in total. The van der Waals surface area contributed by atoms with Crippen molar-refractivity contribution >= 4 is 17.0 Å². The fraction of sp³-hybridized carbons (Fsp3) is 0.667. The second-order valence-corrected chi connectivity index (χ2v) is 5.48. The number of hydrogen-bond acceptors (Lipinski definition) is 2. The van der Waals surface area contributed by atoms with Gasteiger partial charge in [-0.15, -0.1) is 0 Å². The van der Waals surface area contributed by atoms with Gasteiger partial charge in [-0.05, 0) is 11.8 Å². The normalized spacial score (nSPS) is 24.4. The topological polar surface area (TPSA) is 29.1 Å². The predicted molar refractivity (Wildman–Crippen MR) is 53.1 cm³/mol. The lowest BCUT2D eigenvalue weighted by Crippen LogP contribution is -2.17. The molecule has 0 aromatic carbocycles. The van der Waals surface area contributed by atoms with E-state index >= 15 is 0 Å². The zero-order valence-corrected chi connectivity index (χ0v) is 8.62. The van der Waals surface area contributed by atoms with Crippen LogP contribution in [0.4, 0.5) is 4.79 Å². The maximum Gasteiger partial charge on any atom is 0.283 e. The highest BCUT2D eigenvalue weighted by atomic mass is 32.2. The molecule has 1 aliphatic rings. The monoisotopic (exact) mass is 185 g/mol. The molecule has 1 saturated heterocycles. The van der Waals surface area contributed by atoms with Crippen molar-refractivity contribution in [3.8, 4) is 0 Å². The molecule has 1 atom stereocenters. The zero-order valence-electron chi connectivity index (χ0n) is 7.81. The van der Waals surface area contributed by atoms with E-state index < -0.39 is 0 Å². The molecule has 1 rings (SSSR count). The lowest BCUT2D eigenvalue weighted by atomic mass is 9.90. The summed E-state index contributed by atoms with van der Waals surface area (Å²) in [7, 11) is 0. The largest absolute Gasteiger partial charge is 0.320 e. The number of carbonyl (C=O) groups excluding carboxylic acids is 1. The highest BCUT2D eigenvalue weighted by Gasteiger charge is 2.29. The first kappa shape index (κ1) is 9.65.